The molecule has 2 saturated heterocycles. The summed E-state index contributed by atoms with van der Waals surface area (Å²) in [5.74, 6) is 0.308. The molecule has 0 aromatic carbocycles. The first-order valence-corrected chi connectivity index (χ1v) is 6.94. The molecule has 2 unspecified atom stereocenters. The monoisotopic (exact) mass is 239 g/mol. The maximum atomic E-state index is 12.0. The number of hydrogen-bond donors (Lipinski definition) is 1. The topological polar surface area (TPSA) is 35.6 Å². The third-order valence-electron chi connectivity index (χ3n) is 4.11. The SMILES string of the molecule is CCN(CC1CCCCN1)C1CCN(C)C1=O. The van der Waals surface area contributed by atoms with Crippen molar-refractivity contribution in [1.82, 2.24) is 15.1 Å². The molecule has 2 fully saturated rings. The molecule has 0 aromatic heterocycles. The summed E-state index contributed by atoms with van der Waals surface area (Å²) in [6.45, 7) is 6.22. The van der Waals surface area contributed by atoms with Crippen molar-refractivity contribution in [3.05, 3.63) is 0 Å². The Hall–Kier alpha value is -0.610. The fourth-order valence-electron chi connectivity index (χ4n) is 2.98. The van der Waals surface area contributed by atoms with Crippen LogP contribution in [0.5, 0.6) is 0 Å². The average Bonchev–Trinajstić information content (AvgIpc) is 2.69. The second kappa shape index (κ2) is 5.83. The number of nitrogens with zero attached hydrogens (tertiary/aromatic N) is 2. The van der Waals surface area contributed by atoms with Gasteiger partial charge in [0.2, 0.25) is 5.91 Å². The van der Waals surface area contributed by atoms with Crippen molar-refractivity contribution in [1.29, 1.82) is 0 Å². The van der Waals surface area contributed by atoms with Crippen molar-refractivity contribution in [2.75, 3.05) is 33.2 Å². The molecule has 2 atom stereocenters. The van der Waals surface area contributed by atoms with Crippen LogP contribution in [-0.2, 0) is 4.79 Å². The summed E-state index contributed by atoms with van der Waals surface area (Å²) in [5, 5.41) is 3.57. The van der Waals surface area contributed by atoms with E-state index in [9.17, 15) is 4.79 Å². The highest BCUT2D eigenvalue weighted by Crippen LogP contribution is 2.17. The molecule has 4 heteroatoms. The zero-order valence-corrected chi connectivity index (χ0v) is 11.1. The fraction of sp³-hybridized carbons (Fsp3) is 0.923. The molecular weight excluding hydrogens is 214 g/mol. The lowest BCUT2D eigenvalue weighted by Crippen LogP contribution is -2.49. The second-order valence-electron chi connectivity index (χ2n) is 5.30. The lowest BCUT2D eigenvalue weighted by atomic mass is 10.0. The van der Waals surface area contributed by atoms with E-state index in [1.807, 2.05) is 11.9 Å². The minimum absolute atomic E-state index is 0.133. The molecule has 98 valence electrons. The molecule has 0 saturated carbocycles. The zero-order chi connectivity index (χ0) is 12.3. The first-order chi connectivity index (χ1) is 8.22. The molecule has 1 N–H and O–H groups in total. The number of carbonyl (C=O) groups is 1. The van der Waals surface area contributed by atoms with Gasteiger partial charge in [0.15, 0.2) is 0 Å². The van der Waals surface area contributed by atoms with Gasteiger partial charge in [0, 0.05) is 26.2 Å². The molecule has 2 aliphatic heterocycles. The molecule has 0 spiro atoms. The van der Waals surface area contributed by atoms with E-state index in [0.29, 0.717) is 11.9 Å². The van der Waals surface area contributed by atoms with Gasteiger partial charge < -0.3 is 10.2 Å². The van der Waals surface area contributed by atoms with E-state index < -0.39 is 0 Å². The highest BCUT2D eigenvalue weighted by Gasteiger charge is 2.34. The van der Waals surface area contributed by atoms with Crippen LogP contribution in [0.4, 0.5) is 0 Å². The Balaban J connectivity index is 1.89. The Morgan fingerprint density at radius 2 is 2.24 bits per heavy atom. The van der Waals surface area contributed by atoms with Crippen LogP contribution in [0.2, 0.25) is 0 Å². The lowest BCUT2D eigenvalue weighted by Gasteiger charge is -2.32. The minimum atomic E-state index is 0.133. The predicted octanol–water partition coefficient (Wildman–Crippen LogP) is 0.681. The molecule has 1 amide bonds. The van der Waals surface area contributed by atoms with Gasteiger partial charge in [-0.25, -0.2) is 0 Å². The summed E-state index contributed by atoms with van der Waals surface area (Å²) < 4.78 is 0. The predicted molar refractivity (Wildman–Crippen MR) is 68.9 cm³/mol. The van der Waals surface area contributed by atoms with Crippen LogP contribution < -0.4 is 5.32 Å². The first-order valence-electron chi connectivity index (χ1n) is 6.94. The van der Waals surface area contributed by atoms with Crippen LogP contribution in [0, 0.1) is 0 Å². The van der Waals surface area contributed by atoms with Gasteiger partial charge >= 0.3 is 0 Å². The molecule has 2 heterocycles. The van der Waals surface area contributed by atoms with Crippen molar-refractivity contribution < 1.29 is 4.79 Å². The summed E-state index contributed by atoms with van der Waals surface area (Å²) in [6.07, 6.45) is 4.88. The zero-order valence-electron chi connectivity index (χ0n) is 11.1. The first kappa shape index (κ1) is 12.8. The van der Waals surface area contributed by atoms with Crippen molar-refractivity contribution in [3.8, 4) is 0 Å². The maximum Gasteiger partial charge on any atom is 0.239 e. The van der Waals surface area contributed by atoms with E-state index >= 15 is 0 Å². The van der Waals surface area contributed by atoms with Crippen LogP contribution >= 0.6 is 0 Å². The number of likely N-dealkylation sites (tertiary alicyclic amines) is 1. The number of likely N-dealkylation sites (N-methyl/N-ethyl adjacent to an activating group) is 2. The maximum absolute atomic E-state index is 12.0. The molecule has 0 bridgehead atoms. The Kier molecular flexibility index (Phi) is 4.40. The van der Waals surface area contributed by atoms with Crippen molar-refractivity contribution in [2.45, 2.75) is 44.7 Å². The van der Waals surface area contributed by atoms with Crippen LogP contribution in [0.3, 0.4) is 0 Å². The van der Waals surface area contributed by atoms with Gasteiger partial charge in [-0.1, -0.05) is 13.3 Å². The third-order valence-corrected chi connectivity index (χ3v) is 4.11. The summed E-state index contributed by atoms with van der Waals surface area (Å²) in [6, 6.07) is 0.719. The molecule has 2 aliphatic rings. The Bertz CT molecular complexity index is 263. The van der Waals surface area contributed by atoms with E-state index in [-0.39, 0.29) is 6.04 Å². The van der Waals surface area contributed by atoms with E-state index in [4.69, 9.17) is 0 Å². The van der Waals surface area contributed by atoms with Crippen LogP contribution in [0.15, 0.2) is 0 Å². The standard InChI is InChI=1S/C13H25N3O/c1-3-16(10-11-6-4-5-8-14-11)12-7-9-15(2)13(12)17/h11-12,14H,3-10H2,1-2H3. The third kappa shape index (κ3) is 2.99. The molecule has 17 heavy (non-hydrogen) atoms. The van der Waals surface area contributed by atoms with Gasteiger partial charge in [-0.05, 0) is 32.4 Å². The molecule has 2 rings (SSSR count). The average molecular weight is 239 g/mol. The fourth-order valence-corrected chi connectivity index (χ4v) is 2.98. The normalized spacial score (nSPS) is 30.3. The minimum Gasteiger partial charge on any atom is -0.344 e. The largest absolute Gasteiger partial charge is 0.344 e. The van der Waals surface area contributed by atoms with Crippen LogP contribution in [-0.4, -0.2) is 61.0 Å². The van der Waals surface area contributed by atoms with E-state index in [0.717, 1.165) is 32.6 Å². The van der Waals surface area contributed by atoms with Gasteiger partial charge in [0.25, 0.3) is 0 Å². The highest BCUT2D eigenvalue weighted by molar-refractivity contribution is 5.83. The summed E-state index contributed by atoms with van der Waals surface area (Å²) in [4.78, 5) is 16.2. The van der Waals surface area contributed by atoms with Gasteiger partial charge in [-0.15, -0.1) is 0 Å². The van der Waals surface area contributed by atoms with E-state index in [1.54, 1.807) is 0 Å². The van der Waals surface area contributed by atoms with Crippen molar-refractivity contribution in [2.24, 2.45) is 0 Å². The van der Waals surface area contributed by atoms with Gasteiger partial charge in [-0.2, -0.15) is 0 Å². The lowest BCUT2D eigenvalue weighted by molar-refractivity contribution is -0.131. The molecule has 0 radical (unpaired) electrons. The summed E-state index contributed by atoms with van der Waals surface area (Å²) >= 11 is 0. The molecular formula is C13H25N3O. The summed E-state index contributed by atoms with van der Waals surface area (Å²) in [7, 11) is 1.91. The number of hydrogen-bond acceptors (Lipinski definition) is 3. The molecule has 0 aromatic rings. The van der Waals surface area contributed by atoms with Crippen LogP contribution in [0.25, 0.3) is 0 Å². The van der Waals surface area contributed by atoms with Crippen molar-refractivity contribution >= 4 is 5.91 Å². The summed E-state index contributed by atoms with van der Waals surface area (Å²) in [5.41, 5.74) is 0. The van der Waals surface area contributed by atoms with Crippen LogP contribution in [0.1, 0.15) is 32.6 Å². The number of amides is 1. The second-order valence-corrected chi connectivity index (χ2v) is 5.30. The number of nitrogens with one attached hydrogen (secondary N) is 1. The Morgan fingerprint density at radius 1 is 1.41 bits per heavy atom. The van der Waals surface area contributed by atoms with Gasteiger partial charge in [0.05, 0.1) is 6.04 Å². The van der Waals surface area contributed by atoms with Crippen molar-refractivity contribution in [3.63, 3.8) is 0 Å². The molecule has 4 nitrogen and oxygen atoms in total. The number of carbonyl (C=O) groups excluding carboxylic acids is 1. The van der Waals surface area contributed by atoms with Gasteiger partial charge in [-0.3, -0.25) is 9.69 Å². The van der Waals surface area contributed by atoms with E-state index in [2.05, 4.69) is 17.1 Å². The quantitative estimate of drug-likeness (QED) is 0.784. The Labute approximate surface area is 104 Å². The Morgan fingerprint density at radius 3 is 2.76 bits per heavy atom. The number of rotatable bonds is 4. The number of piperidine rings is 1. The smallest absolute Gasteiger partial charge is 0.239 e. The van der Waals surface area contributed by atoms with E-state index in [1.165, 1.54) is 19.3 Å². The highest BCUT2D eigenvalue weighted by atomic mass is 16.2. The van der Waals surface area contributed by atoms with Gasteiger partial charge in [0.1, 0.15) is 0 Å². The molecule has 0 aliphatic carbocycles.